The summed E-state index contributed by atoms with van der Waals surface area (Å²) in [6.45, 7) is 8.41. The normalized spacial score (nSPS) is 12.7. The van der Waals surface area contributed by atoms with Crippen LogP contribution in [0.4, 0.5) is 0 Å². The van der Waals surface area contributed by atoms with Crippen LogP contribution in [0, 0.1) is 17.3 Å². The van der Waals surface area contributed by atoms with Crippen molar-refractivity contribution in [3.63, 3.8) is 0 Å². The van der Waals surface area contributed by atoms with Gasteiger partial charge in [0.25, 0.3) is 0 Å². The van der Waals surface area contributed by atoms with Crippen molar-refractivity contribution in [1.82, 2.24) is 0 Å². The molecule has 0 aromatic heterocycles. The van der Waals surface area contributed by atoms with Gasteiger partial charge in [-0.15, -0.1) is 0 Å². The van der Waals surface area contributed by atoms with Crippen molar-refractivity contribution in [2.45, 2.75) is 85.5 Å². The monoisotopic (exact) mass is 354 g/mol. The second kappa shape index (κ2) is 13.8. The quantitative estimate of drug-likeness (QED) is 0.311. The number of carboxylic acids is 2. The molecule has 0 bridgehead atoms. The summed E-state index contributed by atoms with van der Waals surface area (Å²) in [7, 11) is 0. The summed E-state index contributed by atoms with van der Waals surface area (Å²) in [6.07, 6.45) is 9.67. The van der Waals surface area contributed by atoms with Crippen molar-refractivity contribution in [1.29, 1.82) is 0 Å². The molecule has 0 aromatic rings. The number of hydrogen-bond donors (Lipinski definition) is 2. The molecular formula is C18H35KO4. The van der Waals surface area contributed by atoms with Crippen molar-refractivity contribution in [2.75, 3.05) is 0 Å². The SMILES string of the molecule is CCCCCCCCCC(CC(C(=O)O)C(=O)O)C(C)(C)C.[KH]. The van der Waals surface area contributed by atoms with Crippen LogP contribution >= 0.6 is 0 Å². The molecule has 0 amide bonds. The van der Waals surface area contributed by atoms with E-state index in [1.54, 1.807) is 0 Å². The summed E-state index contributed by atoms with van der Waals surface area (Å²) in [5.41, 5.74) is -0.0641. The maximum absolute atomic E-state index is 11.1. The van der Waals surface area contributed by atoms with Gasteiger partial charge in [0.2, 0.25) is 0 Å². The number of unbranched alkanes of at least 4 members (excludes halogenated alkanes) is 6. The molecule has 23 heavy (non-hydrogen) atoms. The van der Waals surface area contributed by atoms with Gasteiger partial charge in [0.15, 0.2) is 5.92 Å². The summed E-state index contributed by atoms with van der Waals surface area (Å²) < 4.78 is 0. The zero-order valence-corrected chi connectivity index (χ0v) is 14.7. The summed E-state index contributed by atoms with van der Waals surface area (Å²) in [6, 6.07) is 0. The van der Waals surface area contributed by atoms with Crippen LogP contribution in [-0.2, 0) is 9.59 Å². The third-order valence-corrected chi connectivity index (χ3v) is 4.50. The first kappa shape index (κ1) is 25.8. The van der Waals surface area contributed by atoms with E-state index < -0.39 is 17.9 Å². The van der Waals surface area contributed by atoms with Gasteiger partial charge in [0.1, 0.15) is 0 Å². The van der Waals surface area contributed by atoms with Crippen LogP contribution in [0.3, 0.4) is 0 Å². The average Bonchev–Trinajstić information content (AvgIpc) is 2.38. The van der Waals surface area contributed by atoms with Gasteiger partial charge in [-0.3, -0.25) is 9.59 Å². The molecule has 0 aliphatic carbocycles. The minimum atomic E-state index is -1.28. The van der Waals surface area contributed by atoms with Gasteiger partial charge >= 0.3 is 63.3 Å². The van der Waals surface area contributed by atoms with Crippen LogP contribution < -0.4 is 0 Å². The Morgan fingerprint density at radius 2 is 1.30 bits per heavy atom. The number of carboxylic acid groups (broad SMARTS) is 2. The van der Waals surface area contributed by atoms with E-state index >= 15 is 0 Å². The van der Waals surface area contributed by atoms with Gasteiger partial charge in [-0.1, -0.05) is 72.6 Å². The first-order valence-corrected chi connectivity index (χ1v) is 8.65. The molecule has 0 aliphatic rings. The molecule has 132 valence electrons. The van der Waals surface area contributed by atoms with Gasteiger partial charge in [-0.25, -0.2) is 0 Å². The van der Waals surface area contributed by atoms with E-state index in [2.05, 4.69) is 27.7 Å². The maximum atomic E-state index is 11.1. The Balaban J connectivity index is 0. The molecule has 0 aliphatic heterocycles. The third-order valence-electron chi connectivity index (χ3n) is 4.50. The van der Waals surface area contributed by atoms with Crippen LogP contribution in [0.1, 0.15) is 85.5 Å². The Morgan fingerprint density at radius 1 is 0.870 bits per heavy atom. The molecular weight excluding hydrogens is 319 g/mol. The van der Waals surface area contributed by atoms with Gasteiger partial charge in [0, 0.05) is 0 Å². The average molecular weight is 355 g/mol. The topological polar surface area (TPSA) is 74.6 Å². The summed E-state index contributed by atoms with van der Waals surface area (Å²) in [5.74, 6) is -3.60. The minimum absolute atomic E-state index is 0. The Morgan fingerprint density at radius 3 is 1.70 bits per heavy atom. The van der Waals surface area contributed by atoms with Crippen LogP contribution in [0.15, 0.2) is 0 Å². The van der Waals surface area contributed by atoms with Gasteiger partial charge in [0.05, 0.1) is 0 Å². The molecule has 0 fully saturated rings. The fourth-order valence-corrected chi connectivity index (χ4v) is 2.84. The summed E-state index contributed by atoms with van der Waals surface area (Å²) >= 11 is 0. The zero-order chi connectivity index (χ0) is 17.2. The Hall–Kier alpha value is 0.576. The Kier molecular flexibility index (Phi) is 15.5. The third kappa shape index (κ3) is 12.6. The van der Waals surface area contributed by atoms with Crippen molar-refractivity contribution < 1.29 is 19.8 Å². The predicted octanol–water partition coefficient (Wildman–Crippen LogP) is 4.32. The van der Waals surface area contributed by atoms with E-state index in [0.717, 1.165) is 19.3 Å². The number of aliphatic carboxylic acids is 2. The number of hydrogen-bond acceptors (Lipinski definition) is 2. The molecule has 4 nitrogen and oxygen atoms in total. The van der Waals surface area contributed by atoms with E-state index in [9.17, 15) is 9.59 Å². The zero-order valence-electron chi connectivity index (χ0n) is 14.7. The first-order chi connectivity index (χ1) is 10.2. The van der Waals surface area contributed by atoms with Crippen LogP contribution in [-0.4, -0.2) is 73.5 Å². The molecule has 0 heterocycles. The molecule has 0 saturated heterocycles. The van der Waals surface area contributed by atoms with E-state index in [1.807, 2.05) is 0 Å². The first-order valence-electron chi connectivity index (χ1n) is 8.65. The van der Waals surface area contributed by atoms with Crippen LogP contribution in [0.5, 0.6) is 0 Å². The van der Waals surface area contributed by atoms with Crippen molar-refractivity contribution in [2.24, 2.45) is 17.3 Å². The fourth-order valence-electron chi connectivity index (χ4n) is 2.84. The summed E-state index contributed by atoms with van der Waals surface area (Å²) in [5, 5.41) is 18.1. The van der Waals surface area contributed by atoms with E-state index in [-0.39, 0.29) is 69.1 Å². The van der Waals surface area contributed by atoms with Gasteiger partial charge in [-0.05, 0) is 24.2 Å². The molecule has 5 heteroatoms. The molecule has 1 atom stereocenters. The molecule has 0 rings (SSSR count). The van der Waals surface area contributed by atoms with Crippen LogP contribution in [0.25, 0.3) is 0 Å². The fraction of sp³-hybridized carbons (Fsp3) is 0.889. The van der Waals surface area contributed by atoms with Crippen LogP contribution in [0.2, 0.25) is 0 Å². The van der Waals surface area contributed by atoms with E-state index in [1.165, 1.54) is 32.1 Å². The second-order valence-corrected chi connectivity index (χ2v) is 7.44. The second-order valence-electron chi connectivity index (χ2n) is 7.44. The Labute approximate surface area is 184 Å². The summed E-state index contributed by atoms with van der Waals surface area (Å²) in [4.78, 5) is 22.2. The predicted molar refractivity (Wildman–Crippen MR) is 96.1 cm³/mol. The Bertz CT molecular complexity index is 322. The molecule has 2 N–H and O–H groups in total. The molecule has 0 spiro atoms. The molecule has 1 unspecified atom stereocenters. The number of carbonyl (C=O) groups is 2. The van der Waals surface area contributed by atoms with Crippen molar-refractivity contribution >= 4 is 63.3 Å². The van der Waals surface area contributed by atoms with Crippen molar-refractivity contribution in [3.05, 3.63) is 0 Å². The standard InChI is InChI=1S/C18H34O4.K.H/c1-5-6-7-8-9-10-11-12-14(18(2,3)4)13-15(16(19)20)17(21)22;;/h14-15H,5-13H2,1-4H3,(H,19,20)(H,21,22);;. The molecule has 0 radical (unpaired) electrons. The molecule has 0 saturated carbocycles. The van der Waals surface area contributed by atoms with E-state index in [4.69, 9.17) is 10.2 Å². The number of rotatable bonds is 12. The molecule has 0 aromatic carbocycles. The van der Waals surface area contributed by atoms with E-state index in [0.29, 0.717) is 0 Å². The van der Waals surface area contributed by atoms with Crippen molar-refractivity contribution in [3.8, 4) is 0 Å². The van der Waals surface area contributed by atoms with Gasteiger partial charge < -0.3 is 10.2 Å². The van der Waals surface area contributed by atoms with Gasteiger partial charge in [-0.2, -0.15) is 0 Å².